The molecule has 1 fully saturated rings. The van der Waals surface area contributed by atoms with E-state index in [0.717, 1.165) is 51.8 Å². The number of rotatable bonds is 5. The Morgan fingerprint density at radius 1 is 1.39 bits per heavy atom. The number of anilines is 1. The zero-order chi connectivity index (χ0) is 20.5. The number of aliphatic hydroxyl groups excluding tert-OH is 1. The number of nitrogens with zero attached hydrogens (tertiary/aromatic N) is 4. The van der Waals surface area contributed by atoms with Crippen molar-refractivity contribution in [3.63, 3.8) is 0 Å². The van der Waals surface area contributed by atoms with Crippen molar-refractivity contribution in [2.24, 2.45) is 11.1 Å². The molecule has 9 heteroatoms. The van der Waals surface area contributed by atoms with E-state index in [1.807, 2.05) is 13.0 Å². The Morgan fingerprint density at radius 2 is 2.07 bits per heavy atom. The van der Waals surface area contributed by atoms with E-state index in [1.165, 1.54) is 11.8 Å². The van der Waals surface area contributed by atoms with Crippen LogP contribution < -0.4 is 10.6 Å². The minimum absolute atomic E-state index is 0.140. The summed E-state index contributed by atoms with van der Waals surface area (Å²) in [6.07, 6.45) is 3.65. The third kappa shape index (κ3) is 4.46. The van der Waals surface area contributed by atoms with Crippen LogP contribution in [-0.2, 0) is 6.61 Å². The van der Waals surface area contributed by atoms with Crippen LogP contribution in [0, 0.1) is 12.3 Å². The van der Waals surface area contributed by atoms with Crippen LogP contribution in [0.4, 0.5) is 5.82 Å². The molecule has 3 N–H and O–H groups in total. The highest BCUT2D eigenvalue weighted by molar-refractivity contribution is 9.10. The molecule has 0 saturated carbocycles. The number of hydrogen-bond donors (Lipinski definition) is 2. The molecule has 1 saturated heterocycles. The third-order valence-electron chi connectivity index (χ3n) is 5.55. The Labute approximate surface area is 183 Å². The summed E-state index contributed by atoms with van der Waals surface area (Å²) in [5, 5.41) is 11.1. The molecule has 6 nitrogen and oxygen atoms in total. The SMILES string of the molecule is Cc1nc(N2CCC(C)([C@@H](C)N)CC2)c(CO)nc1Sc1ccnc(Cl)c1Br. The van der Waals surface area contributed by atoms with Gasteiger partial charge in [0.1, 0.15) is 15.9 Å². The van der Waals surface area contributed by atoms with Crippen LogP contribution >= 0.6 is 39.3 Å². The van der Waals surface area contributed by atoms with Gasteiger partial charge in [-0.15, -0.1) is 0 Å². The average Bonchev–Trinajstić information content (AvgIpc) is 2.67. The smallest absolute Gasteiger partial charge is 0.153 e. The predicted octanol–water partition coefficient (Wildman–Crippen LogP) is 4.19. The van der Waals surface area contributed by atoms with Crippen LogP contribution in [0.5, 0.6) is 0 Å². The summed E-state index contributed by atoms with van der Waals surface area (Å²) in [6, 6.07) is 2.03. The van der Waals surface area contributed by atoms with E-state index in [2.05, 4.69) is 39.7 Å². The van der Waals surface area contributed by atoms with Gasteiger partial charge in [0.25, 0.3) is 0 Å². The molecule has 1 aliphatic heterocycles. The fourth-order valence-electron chi connectivity index (χ4n) is 3.25. The first-order valence-electron chi connectivity index (χ1n) is 9.22. The number of nitrogens with two attached hydrogens (primary N) is 1. The maximum absolute atomic E-state index is 9.92. The Balaban J connectivity index is 1.85. The molecule has 1 aliphatic rings. The molecule has 3 rings (SSSR count). The molecule has 0 unspecified atom stereocenters. The second kappa shape index (κ2) is 8.83. The molecule has 0 amide bonds. The van der Waals surface area contributed by atoms with Crippen molar-refractivity contribution in [1.82, 2.24) is 15.0 Å². The van der Waals surface area contributed by atoms with Gasteiger partial charge in [0.2, 0.25) is 0 Å². The monoisotopic (exact) mass is 485 g/mol. The van der Waals surface area contributed by atoms with E-state index in [4.69, 9.17) is 27.3 Å². The molecule has 0 spiro atoms. The number of piperidine rings is 1. The van der Waals surface area contributed by atoms with Gasteiger partial charge in [-0.3, -0.25) is 0 Å². The molecule has 0 bridgehead atoms. The van der Waals surface area contributed by atoms with E-state index < -0.39 is 0 Å². The van der Waals surface area contributed by atoms with E-state index in [0.29, 0.717) is 10.8 Å². The van der Waals surface area contributed by atoms with Crippen molar-refractivity contribution in [2.75, 3.05) is 18.0 Å². The number of pyridine rings is 1. The summed E-state index contributed by atoms with van der Waals surface area (Å²) in [5.74, 6) is 0.767. The summed E-state index contributed by atoms with van der Waals surface area (Å²) in [5.41, 5.74) is 7.72. The topological polar surface area (TPSA) is 88.2 Å². The van der Waals surface area contributed by atoms with Gasteiger partial charge in [-0.05, 0) is 54.1 Å². The second-order valence-electron chi connectivity index (χ2n) is 7.49. The van der Waals surface area contributed by atoms with Gasteiger partial charge in [0.15, 0.2) is 5.82 Å². The molecule has 2 aromatic rings. The van der Waals surface area contributed by atoms with Gasteiger partial charge in [-0.25, -0.2) is 15.0 Å². The Hall–Kier alpha value is -0.930. The lowest BCUT2D eigenvalue weighted by Gasteiger charge is -2.42. The summed E-state index contributed by atoms with van der Waals surface area (Å²) < 4.78 is 0.726. The van der Waals surface area contributed by atoms with E-state index in [1.54, 1.807) is 6.20 Å². The van der Waals surface area contributed by atoms with Crippen LogP contribution in [0.2, 0.25) is 5.15 Å². The van der Waals surface area contributed by atoms with Crippen LogP contribution in [0.15, 0.2) is 26.7 Å². The van der Waals surface area contributed by atoms with Gasteiger partial charge in [0.05, 0.1) is 16.8 Å². The summed E-state index contributed by atoms with van der Waals surface area (Å²) in [7, 11) is 0. The quantitative estimate of drug-likeness (QED) is 0.612. The number of hydrogen-bond acceptors (Lipinski definition) is 7. The number of aliphatic hydroxyl groups is 1. The van der Waals surface area contributed by atoms with Crippen LogP contribution in [-0.4, -0.2) is 39.2 Å². The van der Waals surface area contributed by atoms with Gasteiger partial charge < -0.3 is 15.7 Å². The highest BCUT2D eigenvalue weighted by Crippen LogP contribution is 2.39. The highest BCUT2D eigenvalue weighted by atomic mass is 79.9. The van der Waals surface area contributed by atoms with Crippen molar-refractivity contribution in [2.45, 2.75) is 56.2 Å². The number of aromatic nitrogens is 3. The zero-order valence-corrected chi connectivity index (χ0v) is 19.4. The first-order chi connectivity index (χ1) is 13.2. The second-order valence-corrected chi connectivity index (χ2v) is 9.67. The van der Waals surface area contributed by atoms with Crippen LogP contribution in [0.1, 0.15) is 38.1 Å². The van der Waals surface area contributed by atoms with Gasteiger partial charge in [0, 0.05) is 30.2 Å². The fraction of sp³-hybridized carbons (Fsp3) is 0.526. The number of halogens is 2. The van der Waals surface area contributed by atoms with Crippen molar-refractivity contribution in [3.8, 4) is 0 Å². The Morgan fingerprint density at radius 3 is 2.68 bits per heavy atom. The molecule has 2 aromatic heterocycles. The first-order valence-corrected chi connectivity index (χ1v) is 11.2. The zero-order valence-electron chi connectivity index (χ0n) is 16.2. The Bertz CT molecular complexity index is 858. The van der Waals surface area contributed by atoms with Crippen molar-refractivity contribution in [3.05, 3.63) is 33.3 Å². The molecule has 1 atom stereocenters. The van der Waals surface area contributed by atoms with E-state index in [9.17, 15) is 5.11 Å². The molecule has 28 heavy (non-hydrogen) atoms. The molecular formula is C19H25BrClN5OS. The summed E-state index contributed by atoms with van der Waals surface area (Å²) >= 11 is 11.0. The Kier molecular flexibility index (Phi) is 6.87. The molecule has 0 aliphatic carbocycles. The maximum Gasteiger partial charge on any atom is 0.153 e. The summed E-state index contributed by atoms with van der Waals surface area (Å²) in [4.78, 5) is 16.7. The standard InChI is InChI=1S/C19H25BrClN5OS/c1-11-18(28-14-4-7-23-16(21)15(14)20)25-13(10-27)17(24-11)26-8-5-19(3,6-9-26)12(2)22/h4,7,12,27H,5-6,8-10,22H2,1-3H3/t12-/m1/s1. The lowest BCUT2D eigenvalue weighted by Crippen LogP contribution is -2.47. The van der Waals surface area contributed by atoms with Gasteiger partial charge in [-0.1, -0.05) is 30.3 Å². The normalized spacial score (nSPS) is 17.6. The van der Waals surface area contributed by atoms with Gasteiger partial charge >= 0.3 is 0 Å². The van der Waals surface area contributed by atoms with E-state index in [-0.39, 0.29) is 18.1 Å². The van der Waals surface area contributed by atoms with E-state index >= 15 is 0 Å². The molecular weight excluding hydrogens is 462 g/mol. The van der Waals surface area contributed by atoms with Crippen LogP contribution in [0.25, 0.3) is 0 Å². The van der Waals surface area contributed by atoms with Crippen molar-refractivity contribution < 1.29 is 5.11 Å². The molecule has 3 heterocycles. The number of aryl methyl sites for hydroxylation is 1. The van der Waals surface area contributed by atoms with Crippen LogP contribution in [0.3, 0.4) is 0 Å². The largest absolute Gasteiger partial charge is 0.390 e. The third-order valence-corrected chi connectivity index (χ3v) is 8.27. The minimum atomic E-state index is -0.157. The highest BCUT2D eigenvalue weighted by Gasteiger charge is 2.34. The average molecular weight is 487 g/mol. The molecule has 0 radical (unpaired) electrons. The fourth-order valence-corrected chi connectivity index (χ4v) is 4.81. The molecule has 152 valence electrons. The predicted molar refractivity (Wildman–Crippen MR) is 117 cm³/mol. The minimum Gasteiger partial charge on any atom is -0.390 e. The lowest BCUT2D eigenvalue weighted by atomic mass is 9.75. The lowest BCUT2D eigenvalue weighted by molar-refractivity contribution is 0.204. The van der Waals surface area contributed by atoms with Gasteiger partial charge in [-0.2, -0.15) is 0 Å². The summed E-state index contributed by atoms with van der Waals surface area (Å²) in [6.45, 7) is 7.82. The molecule has 0 aromatic carbocycles. The first kappa shape index (κ1) is 21.8. The van der Waals surface area contributed by atoms with Crippen molar-refractivity contribution >= 4 is 45.1 Å². The maximum atomic E-state index is 9.92. The van der Waals surface area contributed by atoms with Crippen molar-refractivity contribution in [1.29, 1.82) is 0 Å².